The van der Waals surface area contributed by atoms with Crippen molar-refractivity contribution in [2.24, 2.45) is 11.3 Å². The Morgan fingerprint density at radius 3 is 2.43 bits per heavy atom. The Kier molecular flexibility index (Phi) is 2.88. The smallest absolute Gasteiger partial charge is 0.00966 e. The number of likely N-dealkylation sites (tertiary alicyclic amines) is 1. The Bertz CT molecular complexity index is 197. The summed E-state index contributed by atoms with van der Waals surface area (Å²) >= 11 is 0. The lowest BCUT2D eigenvalue weighted by Gasteiger charge is -2.46. The summed E-state index contributed by atoms with van der Waals surface area (Å²) in [5.41, 5.74) is 0.607. The van der Waals surface area contributed by atoms with Crippen molar-refractivity contribution in [1.29, 1.82) is 0 Å². The summed E-state index contributed by atoms with van der Waals surface area (Å²) in [5, 5.41) is 0. The molecule has 1 aliphatic carbocycles. The van der Waals surface area contributed by atoms with Crippen molar-refractivity contribution < 1.29 is 0 Å². The minimum absolute atomic E-state index is 0.607. The standard InChI is InChI=1S/C13H25N/c1-4-11-8-9-14(12-6-7-12)10-13(11,3)5-2/h11-12H,4-10H2,1-3H3/t11-,13?/m1/s1. The molecule has 2 atom stereocenters. The van der Waals surface area contributed by atoms with E-state index in [-0.39, 0.29) is 0 Å². The van der Waals surface area contributed by atoms with Crippen molar-refractivity contribution in [2.75, 3.05) is 13.1 Å². The van der Waals surface area contributed by atoms with Gasteiger partial charge in [-0.2, -0.15) is 0 Å². The molecule has 1 heterocycles. The van der Waals surface area contributed by atoms with E-state index in [4.69, 9.17) is 0 Å². The molecule has 82 valence electrons. The van der Waals surface area contributed by atoms with E-state index >= 15 is 0 Å². The molecular weight excluding hydrogens is 170 g/mol. The van der Waals surface area contributed by atoms with Crippen molar-refractivity contribution in [1.82, 2.24) is 4.90 Å². The van der Waals surface area contributed by atoms with E-state index in [1.165, 1.54) is 45.2 Å². The second kappa shape index (κ2) is 3.84. The van der Waals surface area contributed by atoms with E-state index in [1.807, 2.05) is 0 Å². The maximum Gasteiger partial charge on any atom is 0.00966 e. The first-order valence-electron chi connectivity index (χ1n) is 6.43. The van der Waals surface area contributed by atoms with Gasteiger partial charge in [-0.3, -0.25) is 4.90 Å². The SMILES string of the molecule is CC[C@@H]1CCN(C2CC2)CC1(C)CC. The van der Waals surface area contributed by atoms with E-state index in [9.17, 15) is 0 Å². The Hall–Kier alpha value is -0.0400. The molecule has 14 heavy (non-hydrogen) atoms. The van der Waals surface area contributed by atoms with Crippen LogP contribution in [0.1, 0.15) is 52.9 Å². The summed E-state index contributed by atoms with van der Waals surface area (Å²) in [6.45, 7) is 9.99. The number of hydrogen-bond donors (Lipinski definition) is 0. The minimum atomic E-state index is 0.607. The average molecular weight is 195 g/mol. The summed E-state index contributed by atoms with van der Waals surface area (Å²) in [5.74, 6) is 0.975. The number of rotatable bonds is 3. The predicted octanol–water partition coefficient (Wildman–Crippen LogP) is 3.30. The average Bonchev–Trinajstić information content (AvgIpc) is 3.01. The summed E-state index contributed by atoms with van der Waals surface area (Å²) in [6.07, 6.45) is 7.11. The highest BCUT2D eigenvalue weighted by molar-refractivity contribution is 4.94. The fourth-order valence-electron chi connectivity index (χ4n) is 3.19. The van der Waals surface area contributed by atoms with Crippen molar-refractivity contribution in [3.05, 3.63) is 0 Å². The van der Waals surface area contributed by atoms with Crippen LogP contribution in [0.4, 0.5) is 0 Å². The van der Waals surface area contributed by atoms with Crippen LogP contribution in [0, 0.1) is 11.3 Å². The van der Waals surface area contributed by atoms with Crippen molar-refractivity contribution in [3.63, 3.8) is 0 Å². The maximum absolute atomic E-state index is 2.76. The van der Waals surface area contributed by atoms with Crippen LogP contribution in [0.15, 0.2) is 0 Å². The Balaban J connectivity index is 2.00. The molecule has 0 bridgehead atoms. The maximum atomic E-state index is 2.76. The van der Waals surface area contributed by atoms with Gasteiger partial charge < -0.3 is 0 Å². The number of nitrogens with zero attached hydrogens (tertiary/aromatic N) is 1. The molecule has 2 rings (SSSR count). The van der Waals surface area contributed by atoms with Crippen LogP contribution in [-0.2, 0) is 0 Å². The van der Waals surface area contributed by atoms with Crippen molar-refractivity contribution >= 4 is 0 Å². The molecule has 0 spiro atoms. The number of piperidine rings is 1. The molecule has 1 unspecified atom stereocenters. The zero-order valence-corrected chi connectivity index (χ0v) is 10.1. The molecule has 1 saturated heterocycles. The second-order valence-corrected chi connectivity index (χ2v) is 5.60. The highest BCUT2D eigenvalue weighted by atomic mass is 15.2. The molecule has 1 heteroatoms. The molecule has 0 aromatic rings. The summed E-state index contributed by atoms with van der Waals surface area (Å²) in [6, 6.07) is 0.971. The third kappa shape index (κ3) is 1.84. The third-order valence-corrected chi connectivity index (χ3v) is 4.68. The molecule has 0 N–H and O–H groups in total. The molecule has 0 amide bonds. The lowest BCUT2D eigenvalue weighted by Crippen LogP contribution is -2.47. The van der Waals surface area contributed by atoms with Gasteiger partial charge in [-0.05, 0) is 43.6 Å². The predicted molar refractivity (Wildman–Crippen MR) is 61.4 cm³/mol. The van der Waals surface area contributed by atoms with Crippen molar-refractivity contribution in [2.45, 2.75) is 58.9 Å². The highest BCUT2D eigenvalue weighted by Gasteiger charge is 2.41. The number of hydrogen-bond acceptors (Lipinski definition) is 1. The van der Waals surface area contributed by atoms with Crippen LogP contribution >= 0.6 is 0 Å². The lowest BCUT2D eigenvalue weighted by molar-refractivity contribution is 0.0307. The zero-order valence-electron chi connectivity index (χ0n) is 10.1. The van der Waals surface area contributed by atoms with Crippen LogP contribution in [0.25, 0.3) is 0 Å². The third-order valence-electron chi connectivity index (χ3n) is 4.68. The Labute approximate surface area is 88.9 Å². The lowest BCUT2D eigenvalue weighted by atomic mass is 9.69. The molecule has 0 aromatic carbocycles. The van der Waals surface area contributed by atoms with Crippen LogP contribution in [0.2, 0.25) is 0 Å². The van der Waals surface area contributed by atoms with E-state index in [1.54, 1.807) is 0 Å². The molecule has 1 aliphatic heterocycles. The van der Waals surface area contributed by atoms with Gasteiger partial charge in [0.2, 0.25) is 0 Å². The molecule has 1 nitrogen and oxygen atoms in total. The fourth-order valence-corrected chi connectivity index (χ4v) is 3.19. The molecule has 0 aromatic heterocycles. The first kappa shape index (κ1) is 10.5. The zero-order chi connectivity index (χ0) is 10.2. The van der Waals surface area contributed by atoms with Gasteiger partial charge in [0.05, 0.1) is 0 Å². The topological polar surface area (TPSA) is 3.24 Å². The first-order chi connectivity index (χ1) is 6.69. The minimum Gasteiger partial charge on any atom is -0.300 e. The van der Waals surface area contributed by atoms with E-state index in [0.717, 1.165) is 12.0 Å². The van der Waals surface area contributed by atoms with Crippen LogP contribution in [0.5, 0.6) is 0 Å². The van der Waals surface area contributed by atoms with Gasteiger partial charge in [0.15, 0.2) is 0 Å². The first-order valence-corrected chi connectivity index (χ1v) is 6.43. The van der Waals surface area contributed by atoms with Gasteiger partial charge in [-0.15, -0.1) is 0 Å². The largest absolute Gasteiger partial charge is 0.300 e. The Morgan fingerprint density at radius 2 is 1.93 bits per heavy atom. The van der Waals surface area contributed by atoms with Gasteiger partial charge >= 0.3 is 0 Å². The summed E-state index contributed by atoms with van der Waals surface area (Å²) in [7, 11) is 0. The van der Waals surface area contributed by atoms with E-state index < -0.39 is 0 Å². The van der Waals surface area contributed by atoms with Gasteiger partial charge in [-0.25, -0.2) is 0 Å². The summed E-state index contributed by atoms with van der Waals surface area (Å²) < 4.78 is 0. The quantitative estimate of drug-likeness (QED) is 0.668. The van der Waals surface area contributed by atoms with Crippen molar-refractivity contribution in [3.8, 4) is 0 Å². The normalized spacial score (nSPS) is 40.1. The fraction of sp³-hybridized carbons (Fsp3) is 1.00. The monoisotopic (exact) mass is 195 g/mol. The van der Waals surface area contributed by atoms with Crippen LogP contribution in [0.3, 0.4) is 0 Å². The van der Waals surface area contributed by atoms with Gasteiger partial charge in [-0.1, -0.05) is 27.2 Å². The van der Waals surface area contributed by atoms with Crippen LogP contribution in [-0.4, -0.2) is 24.0 Å². The molecule has 1 saturated carbocycles. The van der Waals surface area contributed by atoms with E-state index in [2.05, 4.69) is 25.7 Å². The Morgan fingerprint density at radius 1 is 1.21 bits per heavy atom. The molecular formula is C13H25N. The van der Waals surface area contributed by atoms with Gasteiger partial charge in [0.1, 0.15) is 0 Å². The van der Waals surface area contributed by atoms with Gasteiger partial charge in [0, 0.05) is 12.6 Å². The van der Waals surface area contributed by atoms with E-state index in [0.29, 0.717) is 5.41 Å². The van der Waals surface area contributed by atoms with Gasteiger partial charge in [0.25, 0.3) is 0 Å². The summed E-state index contributed by atoms with van der Waals surface area (Å²) in [4.78, 5) is 2.76. The second-order valence-electron chi connectivity index (χ2n) is 5.60. The molecule has 2 aliphatic rings. The molecule has 2 fully saturated rings. The highest BCUT2D eigenvalue weighted by Crippen LogP contribution is 2.43. The molecule has 0 radical (unpaired) electrons. The van der Waals surface area contributed by atoms with Crippen LogP contribution < -0.4 is 0 Å².